The van der Waals surface area contributed by atoms with Crippen LogP contribution in [0.15, 0.2) is 54.6 Å². The van der Waals surface area contributed by atoms with Crippen LogP contribution in [0, 0.1) is 19.7 Å². The molecule has 0 unspecified atom stereocenters. The SMILES string of the molecule is Cc1cc(C(=O)NCc2ccc(CN3CCCCC3)cc2)c(C)n1-c1ccc(F)cc1. The molecule has 3 aromatic rings. The van der Waals surface area contributed by atoms with Gasteiger partial charge >= 0.3 is 0 Å². The second-order valence-electron chi connectivity index (χ2n) is 8.43. The number of hydrogen-bond acceptors (Lipinski definition) is 2. The van der Waals surface area contributed by atoms with Gasteiger partial charge in [0, 0.05) is 30.2 Å². The lowest BCUT2D eigenvalue weighted by atomic mass is 10.1. The Hall–Kier alpha value is -2.92. The second kappa shape index (κ2) is 9.48. The van der Waals surface area contributed by atoms with Crippen molar-refractivity contribution in [3.8, 4) is 5.69 Å². The summed E-state index contributed by atoms with van der Waals surface area (Å²) in [7, 11) is 0. The van der Waals surface area contributed by atoms with E-state index in [0.717, 1.165) is 29.2 Å². The van der Waals surface area contributed by atoms with E-state index in [1.165, 1.54) is 50.0 Å². The van der Waals surface area contributed by atoms with Gasteiger partial charge in [-0.2, -0.15) is 0 Å². The van der Waals surface area contributed by atoms with E-state index in [2.05, 4.69) is 34.5 Å². The first-order valence-electron chi connectivity index (χ1n) is 11.0. The zero-order valence-corrected chi connectivity index (χ0v) is 18.3. The molecule has 1 saturated heterocycles. The minimum atomic E-state index is -0.272. The predicted octanol–water partition coefficient (Wildman–Crippen LogP) is 5.15. The fraction of sp³-hybridized carbons (Fsp3) is 0.346. The van der Waals surface area contributed by atoms with E-state index in [1.54, 1.807) is 12.1 Å². The molecule has 1 aliphatic rings. The molecule has 5 heteroatoms. The Morgan fingerprint density at radius 1 is 0.935 bits per heavy atom. The highest BCUT2D eigenvalue weighted by atomic mass is 19.1. The molecule has 0 spiro atoms. The smallest absolute Gasteiger partial charge is 0.253 e. The summed E-state index contributed by atoms with van der Waals surface area (Å²) in [5.41, 5.74) is 5.68. The topological polar surface area (TPSA) is 37.3 Å². The maximum atomic E-state index is 13.3. The lowest BCUT2D eigenvalue weighted by Gasteiger charge is -2.26. The van der Waals surface area contributed by atoms with Gasteiger partial charge in [0.2, 0.25) is 0 Å². The summed E-state index contributed by atoms with van der Waals surface area (Å²) >= 11 is 0. The highest BCUT2D eigenvalue weighted by molar-refractivity contribution is 5.95. The number of halogens is 1. The van der Waals surface area contributed by atoms with E-state index in [1.807, 2.05) is 24.5 Å². The maximum Gasteiger partial charge on any atom is 0.253 e. The Labute approximate surface area is 183 Å². The Bertz CT molecular complexity index is 1030. The minimum absolute atomic E-state index is 0.0983. The number of carbonyl (C=O) groups is 1. The molecular weight excluding hydrogens is 389 g/mol. The van der Waals surface area contributed by atoms with Crippen molar-refractivity contribution in [2.24, 2.45) is 0 Å². The van der Waals surface area contributed by atoms with Crippen molar-refractivity contribution >= 4 is 5.91 Å². The van der Waals surface area contributed by atoms with Crippen molar-refractivity contribution in [3.05, 3.63) is 88.5 Å². The van der Waals surface area contributed by atoms with E-state index in [4.69, 9.17) is 0 Å². The number of amides is 1. The molecule has 162 valence electrons. The fourth-order valence-electron chi connectivity index (χ4n) is 4.40. The largest absolute Gasteiger partial charge is 0.348 e. The van der Waals surface area contributed by atoms with E-state index in [0.29, 0.717) is 12.1 Å². The van der Waals surface area contributed by atoms with Crippen molar-refractivity contribution in [1.29, 1.82) is 0 Å². The van der Waals surface area contributed by atoms with Gasteiger partial charge in [-0.15, -0.1) is 0 Å². The first-order chi connectivity index (χ1) is 15.0. The molecule has 1 aromatic heterocycles. The molecule has 0 aliphatic carbocycles. The van der Waals surface area contributed by atoms with Crippen LogP contribution in [0.4, 0.5) is 4.39 Å². The number of likely N-dealkylation sites (tertiary alicyclic amines) is 1. The van der Waals surface area contributed by atoms with Crippen LogP contribution in [0.1, 0.15) is 52.1 Å². The van der Waals surface area contributed by atoms with Gasteiger partial charge in [-0.05, 0) is 81.2 Å². The average Bonchev–Trinajstić information content (AvgIpc) is 3.08. The zero-order chi connectivity index (χ0) is 21.8. The summed E-state index contributed by atoms with van der Waals surface area (Å²) in [6.07, 6.45) is 3.94. The van der Waals surface area contributed by atoms with Crippen LogP contribution in [-0.4, -0.2) is 28.5 Å². The third-order valence-electron chi connectivity index (χ3n) is 6.09. The summed E-state index contributed by atoms with van der Waals surface area (Å²) in [4.78, 5) is 15.3. The average molecular weight is 420 g/mol. The highest BCUT2D eigenvalue weighted by Gasteiger charge is 2.17. The van der Waals surface area contributed by atoms with Crippen LogP contribution in [0.2, 0.25) is 0 Å². The Balaban J connectivity index is 1.38. The van der Waals surface area contributed by atoms with Gasteiger partial charge in [-0.1, -0.05) is 30.7 Å². The van der Waals surface area contributed by atoms with E-state index in [9.17, 15) is 9.18 Å². The van der Waals surface area contributed by atoms with Crippen LogP contribution < -0.4 is 5.32 Å². The van der Waals surface area contributed by atoms with E-state index >= 15 is 0 Å². The number of aromatic nitrogens is 1. The summed E-state index contributed by atoms with van der Waals surface area (Å²) in [5, 5.41) is 3.04. The molecule has 31 heavy (non-hydrogen) atoms. The Morgan fingerprint density at radius 3 is 2.26 bits per heavy atom. The van der Waals surface area contributed by atoms with Gasteiger partial charge in [0.1, 0.15) is 5.82 Å². The lowest BCUT2D eigenvalue weighted by Crippen LogP contribution is -2.29. The molecule has 4 rings (SSSR count). The van der Waals surface area contributed by atoms with Gasteiger partial charge in [-0.3, -0.25) is 9.69 Å². The van der Waals surface area contributed by atoms with Gasteiger partial charge in [0.25, 0.3) is 5.91 Å². The molecule has 0 atom stereocenters. The quantitative estimate of drug-likeness (QED) is 0.600. The van der Waals surface area contributed by atoms with Gasteiger partial charge in [0.05, 0.1) is 5.56 Å². The van der Waals surface area contributed by atoms with E-state index in [-0.39, 0.29) is 11.7 Å². The number of rotatable bonds is 6. The van der Waals surface area contributed by atoms with Crippen LogP contribution in [0.5, 0.6) is 0 Å². The molecule has 0 saturated carbocycles. The molecule has 1 amide bonds. The third kappa shape index (κ3) is 5.05. The Kier molecular flexibility index (Phi) is 6.52. The van der Waals surface area contributed by atoms with Crippen LogP contribution in [-0.2, 0) is 13.1 Å². The normalized spacial score (nSPS) is 14.5. The van der Waals surface area contributed by atoms with Crippen LogP contribution in [0.3, 0.4) is 0 Å². The monoisotopic (exact) mass is 419 g/mol. The molecule has 1 N–H and O–H groups in total. The summed E-state index contributed by atoms with van der Waals surface area (Å²) in [5.74, 6) is -0.370. The molecule has 4 nitrogen and oxygen atoms in total. The van der Waals surface area contributed by atoms with Gasteiger partial charge in [0.15, 0.2) is 0 Å². The molecule has 0 radical (unpaired) electrons. The molecule has 2 aromatic carbocycles. The van der Waals surface area contributed by atoms with Gasteiger partial charge in [-0.25, -0.2) is 4.39 Å². The number of nitrogens with zero attached hydrogens (tertiary/aromatic N) is 2. The van der Waals surface area contributed by atoms with Crippen molar-refractivity contribution < 1.29 is 9.18 Å². The highest BCUT2D eigenvalue weighted by Crippen LogP contribution is 2.21. The lowest BCUT2D eigenvalue weighted by molar-refractivity contribution is 0.0950. The number of carbonyl (C=O) groups excluding carboxylic acids is 1. The molecular formula is C26H30FN3O. The van der Waals surface area contributed by atoms with Gasteiger partial charge < -0.3 is 9.88 Å². The van der Waals surface area contributed by atoms with Crippen LogP contribution >= 0.6 is 0 Å². The second-order valence-corrected chi connectivity index (χ2v) is 8.43. The zero-order valence-electron chi connectivity index (χ0n) is 18.3. The summed E-state index contributed by atoms with van der Waals surface area (Å²) in [6, 6.07) is 16.7. The third-order valence-corrected chi connectivity index (χ3v) is 6.09. The number of hydrogen-bond donors (Lipinski definition) is 1. The Morgan fingerprint density at radius 2 is 1.58 bits per heavy atom. The van der Waals surface area contributed by atoms with Crippen molar-refractivity contribution in [1.82, 2.24) is 14.8 Å². The molecule has 2 heterocycles. The minimum Gasteiger partial charge on any atom is -0.348 e. The summed E-state index contributed by atoms with van der Waals surface area (Å²) in [6.45, 7) is 7.74. The molecule has 1 fully saturated rings. The first-order valence-corrected chi connectivity index (χ1v) is 11.0. The standard InChI is InChI=1S/C26H30FN3O/c1-19-16-25(20(2)30(19)24-12-10-23(27)11-13-24)26(31)28-17-21-6-8-22(9-7-21)18-29-14-4-3-5-15-29/h6-13,16H,3-5,14-15,17-18H2,1-2H3,(H,28,31). The van der Waals surface area contributed by atoms with Crippen molar-refractivity contribution in [2.75, 3.05) is 13.1 Å². The van der Waals surface area contributed by atoms with Crippen molar-refractivity contribution in [2.45, 2.75) is 46.2 Å². The predicted molar refractivity (Wildman–Crippen MR) is 122 cm³/mol. The van der Waals surface area contributed by atoms with Crippen LogP contribution in [0.25, 0.3) is 5.69 Å². The fourth-order valence-corrected chi connectivity index (χ4v) is 4.40. The molecule has 1 aliphatic heterocycles. The summed E-state index contributed by atoms with van der Waals surface area (Å²) < 4.78 is 15.2. The van der Waals surface area contributed by atoms with Crippen molar-refractivity contribution in [3.63, 3.8) is 0 Å². The number of piperidine rings is 1. The first kappa shape index (κ1) is 21.3. The number of nitrogens with one attached hydrogen (secondary N) is 1. The number of benzene rings is 2. The maximum absolute atomic E-state index is 13.3. The number of aryl methyl sites for hydroxylation is 1. The molecule has 0 bridgehead atoms. The van der Waals surface area contributed by atoms with E-state index < -0.39 is 0 Å².